The van der Waals surface area contributed by atoms with Crippen LogP contribution in [0, 0.1) is 0 Å². The van der Waals surface area contributed by atoms with E-state index in [0.717, 1.165) is 4.48 Å². The van der Waals surface area contributed by atoms with Crippen molar-refractivity contribution in [3.8, 4) is 0 Å². The standard InChI is InChI=1S/C19H42N.C5H5N.H2O/c1-5-6-7-8-9-10-11-12-13-14-15-16-17-18-19-20(2,3)4;1-2-4-6-5-3-1;/h5-19H2,1-4H3;1-5H;1H2/q+1;;. The summed E-state index contributed by atoms with van der Waals surface area (Å²) in [4.78, 5) is 3.78. The summed E-state index contributed by atoms with van der Waals surface area (Å²) in [7, 11) is 6.88. The second-order valence-corrected chi connectivity index (χ2v) is 8.63. The van der Waals surface area contributed by atoms with Crippen LogP contribution in [0.25, 0.3) is 0 Å². The number of rotatable bonds is 15. The Morgan fingerprint density at radius 2 is 0.926 bits per heavy atom. The lowest BCUT2D eigenvalue weighted by Gasteiger charge is -2.23. The van der Waals surface area contributed by atoms with Crippen LogP contribution in [0.4, 0.5) is 0 Å². The van der Waals surface area contributed by atoms with Crippen molar-refractivity contribution in [3.63, 3.8) is 0 Å². The molecule has 3 heteroatoms. The molecule has 3 nitrogen and oxygen atoms in total. The van der Waals surface area contributed by atoms with Crippen molar-refractivity contribution in [2.24, 2.45) is 0 Å². The maximum Gasteiger partial charge on any atom is 0.0780 e. The topological polar surface area (TPSA) is 44.4 Å². The van der Waals surface area contributed by atoms with Crippen molar-refractivity contribution in [1.82, 2.24) is 4.98 Å². The summed E-state index contributed by atoms with van der Waals surface area (Å²) < 4.78 is 1.12. The van der Waals surface area contributed by atoms with Crippen molar-refractivity contribution in [3.05, 3.63) is 30.6 Å². The van der Waals surface area contributed by atoms with Crippen LogP contribution in [0.3, 0.4) is 0 Å². The Labute approximate surface area is 170 Å². The second kappa shape index (κ2) is 21.4. The molecule has 0 spiro atoms. The highest BCUT2D eigenvalue weighted by Crippen LogP contribution is 2.13. The molecule has 0 atom stereocenters. The quantitative estimate of drug-likeness (QED) is 0.255. The van der Waals surface area contributed by atoms with Gasteiger partial charge in [-0.1, -0.05) is 90.0 Å². The molecule has 0 saturated heterocycles. The highest BCUT2D eigenvalue weighted by molar-refractivity contribution is 4.88. The van der Waals surface area contributed by atoms with Gasteiger partial charge in [0.2, 0.25) is 0 Å². The molecule has 0 aliphatic carbocycles. The molecule has 0 radical (unpaired) electrons. The summed E-state index contributed by atoms with van der Waals surface area (Å²) >= 11 is 0. The first-order valence-electron chi connectivity index (χ1n) is 11.2. The van der Waals surface area contributed by atoms with E-state index in [-0.39, 0.29) is 5.48 Å². The smallest absolute Gasteiger partial charge is 0.0780 e. The van der Waals surface area contributed by atoms with Gasteiger partial charge >= 0.3 is 0 Å². The summed E-state index contributed by atoms with van der Waals surface area (Å²) in [6, 6.07) is 5.72. The number of quaternary nitrogens is 1. The summed E-state index contributed by atoms with van der Waals surface area (Å²) in [5.41, 5.74) is 0. The molecule has 1 heterocycles. The molecule has 1 aromatic heterocycles. The lowest BCUT2D eigenvalue weighted by molar-refractivity contribution is -0.870. The fourth-order valence-corrected chi connectivity index (χ4v) is 3.09. The van der Waals surface area contributed by atoms with Crippen LogP contribution >= 0.6 is 0 Å². The number of aromatic nitrogens is 1. The summed E-state index contributed by atoms with van der Waals surface area (Å²) in [5.74, 6) is 0. The van der Waals surface area contributed by atoms with Gasteiger partial charge in [-0.2, -0.15) is 0 Å². The summed E-state index contributed by atoms with van der Waals surface area (Å²) in [6.45, 7) is 3.63. The van der Waals surface area contributed by atoms with Gasteiger partial charge in [-0.05, 0) is 25.0 Å². The fraction of sp³-hybridized carbons (Fsp3) is 0.792. The minimum Gasteiger partial charge on any atom is -0.412 e. The minimum absolute atomic E-state index is 0. The van der Waals surface area contributed by atoms with Crippen molar-refractivity contribution < 1.29 is 9.96 Å². The number of hydrogen-bond donors (Lipinski definition) is 0. The van der Waals surface area contributed by atoms with E-state index in [2.05, 4.69) is 33.1 Å². The first-order chi connectivity index (χ1) is 12.6. The van der Waals surface area contributed by atoms with Crippen molar-refractivity contribution in [2.45, 2.75) is 96.8 Å². The first-order valence-corrected chi connectivity index (χ1v) is 11.2. The van der Waals surface area contributed by atoms with Gasteiger partial charge in [0.05, 0.1) is 27.7 Å². The highest BCUT2D eigenvalue weighted by Gasteiger charge is 2.04. The zero-order valence-electron chi connectivity index (χ0n) is 18.9. The maximum atomic E-state index is 3.78. The molecular formula is C24H49N2O+. The van der Waals surface area contributed by atoms with E-state index in [1.54, 1.807) is 12.4 Å². The lowest BCUT2D eigenvalue weighted by atomic mass is 10.0. The number of pyridine rings is 1. The van der Waals surface area contributed by atoms with Crippen LogP contribution in [-0.2, 0) is 0 Å². The molecular weight excluding hydrogens is 332 g/mol. The van der Waals surface area contributed by atoms with Gasteiger partial charge in [0.25, 0.3) is 0 Å². The molecule has 1 rings (SSSR count). The molecule has 1 aromatic rings. The zero-order chi connectivity index (χ0) is 19.3. The average molecular weight is 382 g/mol. The second-order valence-electron chi connectivity index (χ2n) is 8.63. The molecule has 0 aliphatic heterocycles. The lowest BCUT2D eigenvalue weighted by Crippen LogP contribution is -2.35. The largest absolute Gasteiger partial charge is 0.412 e. The van der Waals surface area contributed by atoms with E-state index < -0.39 is 0 Å². The molecule has 0 aliphatic rings. The van der Waals surface area contributed by atoms with Gasteiger partial charge in [0, 0.05) is 12.4 Å². The van der Waals surface area contributed by atoms with Gasteiger partial charge in [-0.15, -0.1) is 0 Å². The molecule has 0 bridgehead atoms. The third-order valence-corrected chi connectivity index (χ3v) is 4.75. The van der Waals surface area contributed by atoms with E-state index in [4.69, 9.17) is 0 Å². The summed E-state index contributed by atoms with van der Waals surface area (Å²) in [6.07, 6.45) is 23.9. The predicted molar refractivity (Wildman–Crippen MR) is 121 cm³/mol. The van der Waals surface area contributed by atoms with Crippen LogP contribution in [0.5, 0.6) is 0 Å². The van der Waals surface area contributed by atoms with Crippen LogP contribution in [0.1, 0.15) is 96.8 Å². The Hall–Kier alpha value is -0.930. The van der Waals surface area contributed by atoms with Gasteiger partial charge in [-0.25, -0.2) is 0 Å². The normalized spacial score (nSPS) is 10.7. The van der Waals surface area contributed by atoms with Gasteiger partial charge < -0.3 is 9.96 Å². The van der Waals surface area contributed by atoms with Crippen molar-refractivity contribution >= 4 is 0 Å². The monoisotopic (exact) mass is 381 g/mol. The van der Waals surface area contributed by atoms with E-state index >= 15 is 0 Å². The molecule has 0 amide bonds. The number of nitrogens with zero attached hydrogens (tertiary/aromatic N) is 2. The Morgan fingerprint density at radius 1 is 0.556 bits per heavy atom. The molecule has 0 aromatic carbocycles. The van der Waals surface area contributed by atoms with Crippen LogP contribution < -0.4 is 0 Å². The minimum atomic E-state index is 0. The van der Waals surface area contributed by atoms with Crippen molar-refractivity contribution in [1.29, 1.82) is 0 Å². The molecule has 0 saturated carbocycles. The Balaban J connectivity index is 0. The molecule has 0 fully saturated rings. The van der Waals surface area contributed by atoms with Crippen LogP contribution in [-0.4, -0.2) is 42.6 Å². The van der Waals surface area contributed by atoms with E-state index in [1.807, 2.05) is 18.2 Å². The maximum absolute atomic E-state index is 3.78. The fourth-order valence-electron chi connectivity index (χ4n) is 3.09. The molecule has 27 heavy (non-hydrogen) atoms. The predicted octanol–water partition coefficient (Wildman–Crippen LogP) is 6.43. The van der Waals surface area contributed by atoms with Gasteiger partial charge in [0.15, 0.2) is 0 Å². The first kappa shape index (κ1) is 28.3. The van der Waals surface area contributed by atoms with Crippen LogP contribution in [0.15, 0.2) is 30.6 Å². The van der Waals surface area contributed by atoms with E-state index in [9.17, 15) is 0 Å². The summed E-state index contributed by atoms with van der Waals surface area (Å²) in [5, 5.41) is 0. The number of unbranched alkanes of at least 4 members (excludes halogenated alkanes) is 13. The van der Waals surface area contributed by atoms with E-state index in [1.165, 1.54) is 96.4 Å². The third kappa shape index (κ3) is 27.4. The molecule has 2 N–H and O–H groups in total. The van der Waals surface area contributed by atoms with E-state index in [0.29, 0.717) is 0 Å². The SMILES string of the molecule is CCCCCCCCCCCCCCCC[N+](C)(C)C.O.c1ccncc1. The van der Waals surface area contributed by atoms with Gasteiger partial charge in [0.1, 0.15) is 0 Å². The van der Waals surface area contributed by atoms with Gasteiger partial charge in [-0.3, -0.25) is 4.98 Å². The van der Waals surface area contributed by atoms with Crippen LogP contribution in [0.2, 0.25) is 0 Å². The average Bonchev–Trinajstić information content (AvgIpc) is 2.63. The molecule has 0 unspecified atom stereocenters. The van der Waals surface area contributed by atoms with Crippen molar-refractivity contribution in [2.75, 3.05) is 27.7 Å². The number of hydrogen-bond acceptors (Lipinski definition) is 1. The Morgan fingerprint density at radius 3 is 1.19 bits per heavy atom. The zero-order valence-corrected chi connectivity index (χ0v) is 18.9. The molecule has 160 valence electrons. The highest BCUT2D eigenvalue weighted by atomic mass is 16.0. The third-order valence-electron chi connectivity index (χ3n) is 4.75. The Kier molecular flexibility index (Phi) is 22.4. The Bertz CT molecular complexity index is 336.